The average molecular weight is 267 g/mol. The Bertz CT molecular complexity index is 679. The third kappa shape index (κ3) is 1.66. The van der Waals surface area contributed by atoms with Gasteiger partial charge in [0, 0.05) is 18.7 Å². The monoisotopic (exact) mass is 267 g/mol. The molecule has 0 bridgehead atoms. The zero-order chi connectivity index (χ0) is 13.5. The van der Waals surface area contributed by atoms with Gasteiger partial charge in [-0.1, -0.05) is 12.1 Å². The first-order chi connectivity index (χ1) is 9.84. The molecule has 102 valence electrons. The van der Waals surface area contributed by atoms with Crippen LogP contribution in [0.5, 0.6) is 0 Å². The van der Waals surface area contributed by atoms with Crippen LogP contribution in [0, 0.1) is 6.92 Å². The average Bonchev–Trinajstić information content (AvgIpc) is 3.07. The van der Waals surface area contributed by atoms with Crippen molar-refractivity contribution in [2.75, 3.05) is 13.1 Å². The molecule has 5 heteroatoms. The molecular formula is C15H17N5. The van der Waals surface area contributed by atoms with Gasteiger partial charge in [0.2, 0.25) is 0 Å². The highest BCUT2D eigenvalue weighted by Crippen LogP contribution is 2.25. The predicted molar refractivity (Wildman–Crippen MR) is 77.1 cm³/mol. The predicted octanol–water partition coefficient (Wildman–Crippen LogP) is 1.93. The maximum absolute atomic E-state index is 4.82. The first kappa shape index (κ1) is 11.6. The standard InChI is InChI=1S/C15H17N5/c1-11-17-18-14-10-16-15(19-8-4-5-9-19)12-6-2-3-7-13(12)20(11)14/h2-3,6-7H,4-5,8-10H2,1H3. The van der Waals surface area contributed by atoms with Gasteiger partial charge >= 0.3 is 0 Å². The van der Waals surface area contributed by atoms with E-state index in [-0.39, 0.29) is 0 Å². The molecule has 0 N–H and O–H groups in total. The second kappa shape index (κ2) is 4.44. The number of nitrogens with zero attached hydrogens (tertiary/aromatic N) is 5. The Kier molecular flexibility index (Phi) is 2.58. The van der Waals surface area contributed by atoms with E-state index in [4.69, 9.17) is 4.99 Å². The van der Waals surface area contributed by atoms with Gasteiger partial charge < -0.3 is 4.90 Å². The Balaban J connectivity index is 1.91. The summed E-state index contributed by atoms with van der Waals surface area (Å²) >= 11 is 0. The van der Waals surface area contributed by atoms with Crippen molar-refractivity contribution in [3.8, 4) is 5.69 Å². The minimum Gasteiger partial charge on any atom is -0.356 e. The Morgan fingerprint density at radius 1 is 1.05 bits per heavy atom. The fraction of sp³-hybridized carbons (Fsp3) is 0.400. The Hall–Kier alpha value is -2.17. The lowest BCUT2D eigenvalue weighted by molar-refractivity contribution is 0.518. The zero-order valence-corrected chi connectivity index (χ0v) is 11.6. The van der Waals surface area contributed by atoms with Crippen LogP contribution in [-0.4, -0.2) is 38.6 Å². The van der Waals surface area contributed by atoms with E-state index >= 15 is 0 Å². The lowest BCUT2D eigenvalue weighted by Crippen LogP contribution is -2.29. The third-order valence-corrected chi connectivity index (χ3v) is 4.05. The van der Waals surface area contributed by atoms with Crippen molar-refractivity contribution in [3.63, 3.8) is 0 Å². The van der Waals surface area contributed by atoms with Crippen LogP contribution in [0.1, 0.15) is 30.1 Å². The van der Waals surface area contributed by atoms with Crippen LogP contribution >= 0.6 is 0 Å². The zero-order valence-electron chi connectivity index (χ0n) is 11.6. The number of hydrogen-bond donors (Lipinski definition) is 0. The molecule has 0 amide bonds. The van der Waals surface area contributed by atoms with Gasteiger partial charge in [0.25, 0.3) is 0 Å². The molecule has 20 heavy (non-hydrogen) atoms. The van der Waals surface area contributed by atoms with E-state index in [2.05, 4.69) is 43.9 Å². The molecular weight excluding hydrogens is 250 g/mol. The number of likely N-dealkylation sites (tertiary alicyclic amines) is 1. The van der Waals surface area contributed by atoms with Crippen LogP contribution < -0.4 is 0 Å². The summed E-state index contributed by atoms with van der Waals surface area (Å²) in [5.74, 6) is 2.96. The number of benzene rings is 1. The van der Waals surface area contributed by atoms with Crippen LogP contribution in [0.2, 0.25) is 0 Å². The van der Waals surface area contributed by atoms with Gasteiger partial charge in [0.1, 0.15) is 18.2 Å². The number of rotatable bonds is 0. The Morgan fingerprint density at radius 2 is 1.85 bits per heavy atom. The largest absolute Gasteiger partial charge is 0.356 e. The topological polar surface area (TPSA) is 46.3 Å². The van der Waals surface area contributed by atoms with Crippen LogP contribution in [-0.2, 0) is 6.54 Å². The van der Waals surface area contributed by atoms with Crippen LogP contribution in [0.15, 0.2) is 29.3 Å². The third-order valence-electron chi connectivity index (χ3n) is 4.05. The number of amidine groups is 1. The summed E-state index contributed by atoms with van der Waals surface area (Å²) in [6.45, 7) is 4.80. The second-order valence-electron chi connectivity index (χ2n) is 5.35. The lowest BCUT2D eigenvalue weighted by atomic mass is 10.1. The van der Waals surface area contributed by atoms with E-state index in [1.807, 2.05) is 6.92 Å². The molecule has 0 spiro atoms. The number of aromatic nitrogens is 3. The van der Waals surface area contributed by atoms with Crippen LogP contribution in [0.3, 0.4) is 0 Å². The maximum Gasteiger partial charge on any atom is 0.159 e. The van der Waals surface area contributed by atoms with Gasteiger partial charge in [0.05, 0.1) is 5.69 Å². The normalized spacial score (nSPS) is 17.4. The van der Waals surface area contributed by atoms with Gasteiger partial charge in [-0.05, 0) is 31.9 Å². The van der Waals surface area contributed by atoms with Crippen LogP contribution in [0.4, 0.5) is 0 Å². The highest BCUT2D eigenvalue weighted by atomic mass is 15.3. The molecule has 0 atom stereocenters. The van der Waals surface area contributed by atoms with Crippen molar-refractivity contribution in [1.82, 2.24) is 19.7 Å². The van der Waals surface area contributed by atoms with Crippen molar-refractivity contribution in [2.24, 2.45) is 4.99 Å². The van der Waals surface area contributed by atoms with Crippen molar-refractivity contribution in [3.05, 3.63) is 41.5 Å². The van der Waals surface area contributed by atoms with Crippen molar-refractivity contribution in [1.29, 1.82) is 0 Å². The first-order valence-electron chi connectivity index (χ1n) is 7.14. The summed E-state index contributed by atoms with van der Waals surface area (Å²) < 4.78 is 2.13. The SMILES string of the molecule is Cc1nnc2n1-c1ccccc1C(N1CCCC1)=NC2. The minimum absolute atomic E-state index is 0.599. The van der Waals surface area contributed by atoms with Gasteiger partial charge in [-0.2, -0.15) is 0 Å². The minimum atomic E-state index is 0.599. The van der Waals surface area contributed by atoms with E-state index in [9.17, 15) is 0 Å². The molecule has 0 saturated carbocycles. The number of para-hydroxylation sites is 1. The fourth-order valence-corrected chi connectivity index (χ4v) is 3.11. The summed E-state index contributed by atoms with van der Waals surface area (Å²) in [6.07, 6.45) is 2.51. The number of aliphatic imine (C=N–C) groups is 1. The molecule has 0 radical (unpaired) electrons. The highest BCUT2D eigenvalue weighted by molar-refractivity contribution is 6.02. The molecule has 4 rings (SSSR count). The van der Waals surface area contributed by atoms with Gasteiger partial charge in [0.15, 0.2) is 5.82 Å². The van der Waals surface area contributed by atoms with Crippen molar-refractivity contribution in [2.45, 2.75) is 26.3 Å². The van der Waals surface area contributed by atoms with Gasteiger partial charge in [-0.15, -0.1) is 10.2 Å². The van der Waals surface area contributed by atoms with Crippen molar-refractivity contribution >= 4 is 5.84 Å². The van der Waals surface area contributed by atoms with Gasteiger partial charge in [-0.25, -0.2) is 0 Å². The first-order valence-corrected chi connectivity index (χ1v) is 7.14. The maximum atomic E-state index is 4.82. The van der Waals surface area contributed by atoms with Crippen LogP contribution in [0.25, 0.3) is 5.69 Å². The van der Waals surface area contributed by atoms with E-state index < -0.39 is 0 Å². The number of fused-ring (bicyclic) bond motifs is 3. The number of hydrogen-bond acceptors (Lipinski definition) is 4. The summed E-state index contributed by atoms with van der Waals surface area (Å²) in [6, 6.07) is 8.43. The van der Waals surface area contributed by atoms with E-state index in [1.54, 1.807) is 0 Å². The summed E-state index contributed by atoms with van der Waals surface area (Å²) in [5.41, 5.74) is 2.34. The molecule has 2 aliphatic heterocycles. The second-order valence-corrected chi connectivity index (χ2v) is 5.35. The van der Waals surface area contributed by atoms with Gasteiger partial charge in [-0.3, -0.25) is 9.56 Å². The quantitative estimate of drug-likeness (QED) is 0.732. The smallest absolute Gasteiger partial charge is 0.159 e. The van der Waals surface area contributed by atoms with E-state index in [0.717, 1.165) is 36.3 Å². The highest BCUT2D eigenvalue weighted by Gasteiger charge is 2.24. The van der Waals surface area contributed by atoms with Crippen molar-refractivity contribution < 1.29 is 0 Å². The molecule has 1 aromatic heterocycles. The molecule has 2 aromatic rings. The molecule has 2 aliphatic rings. The molecule has 3 heterocycles. The Morgan fingerprint density at radius 3 is 2.70 bits per heavy atom. The molecule has 1 fully saturated rings. The van der Waals surface area contributed by atoms with E-state index in [1.165, 1.54) is 18.4 Å². The number of aryl methyl sites for hydroxylation is 1. The molecule has 5 nitrogen and oxygen atoms in total. The fourth-order valence-electron chi connectivity index (χ4n) is 3.11. The molecule has 1 aromatic carbocycles. The Labute approximate surface area is 118 Å². The summed E-state index contributed by atoms with van der Waals surface area (Å²) in [5, 5.41) is 8.46. The molecule has 0 aliphatic carbocycles. The lowest BCUT2D eigenvalue weighted by Gasteiger charge is -2.21. The summed E-state index contributed by atoms with van der Waals surface area (Å²) in [4.78, 5) is 7.22. The van der Waals surface area contributed by atoms with E-state index in [0.29, 0.717) is 6.54 Å². The molecule has 1 saturated heterocycles. The molecule has 0 unspecified atom stereocenters. The summed E-state index contributed by atoms with van der Waals surface area (Å²) in [7, 11) is 0.